The van der Waals surface area contributed by atoms with Crippen molar-refractivity contribution < 1.29 is 13.2 Å². The Kier molecular flexibility index (Phi) is 4.49. The SMILES string of the molecule is CS(=O)(=O)N(CCNC(=O)NC1CC1)c1ccccc1. The summed E-state index contributed by atoms with van der Waals surface area (Å²) in [6.07, 6.45) is 3.20. The van der Waals surface area contributed by atoms with E-state index >= 15 is 0 Å². The predicted molar refractivity (Wildman–Crippen MR) is 78.2 cm³/mol. The van der Waals surface area contributed by atoms with Crippen LogP contribution in [0.25, 0.3) is 0 Å². The quantitative estimate of drug-likeness (QED) is 0.819. The number of carbonyl (C=O) groups is 1. The van der Waals surface area contributed by atoms with Gasteiger partial charge in [-0.05, 0) is 25.0 Å². The Bertz CT molecular complexity index is 555. The summed E-state index contributed by atoms with van der Waals surface area (Å²) >= 11 is 0. The van der Waals surface area contributed by atoms with Crippen molar-refractivity contribution in [1.82, 2.24) is 10.6 Å². The molecule has 0 aromatic heterocycles. The summed E-state index contributed by atoms with van der Waals surface area (Å²) in [5.41, 5.74) is 0.597. The van der Waals surface area contributed by atoms with E-state index in [-0.39, 0.29) is 25.2 Å². The van der Waals surface area contributed by atoms with Gasteiger partial charge in [-0.25, -0.2) is 13.2 Å². The third-order valence-electron chi connectivity index (χ3n) is 2.96. The van der Waals surface area contributed by atoms with E-state index in [2.05, 4.69) is 10.6 Å². The summed E-state index contributed by atoms with van der Waals surface area (Å²) in [6, 6.07) is 8.88. The van der Waals surface area contributed by atoms with Crippen molar-refractivity contribution in [2.75, 3.05) is 23.7 Å². The van der Waals surface area contributed by atoms with E-state index in [0.717, 1.165) is 19.1 Å². The number of nitrogens with zero attached hydrogens (tertiary/aromatic N) is 1. The Morgan fingerprint density at radius 1 is 1.30 bits per heavy atom. The fourth-order valence-corrected chi connectivity index (χ4v) is 2.74. The van der Waals surface area contributed by atoms with E-state index < -0.39 is 10.0 Å². The predicted octanol–water partition coefficient (Wildman–Crippen LogP) is 0.914. The van der Waals surface area contributed by atoms with Crippen LogP contribution in [0, 0.1) is 0 Å². The minimum atomic E-state index is -3.36. The van der Waals surface area contributed by atoms with Crippen LogP contribution in [0.15, 0.2) is 30.3 Å². The van der Waals surface area contributed by atoms with Gasteiger partial charge in [0.15, 0.2) is 0 Å². The third kappa shape index (κ3) is 4.41. The Balaban J connectivity index is 1.90. The van der Waals surface area contributed by atoms with Gasteiger partial charge in [0, 0.05) is 12.6 Å². The molecular formula is C13H19N3O3S. The van der Waals surface area contributed by atoms with Crippen LogP contribution in [0.4, 0.5) is 10.5 Å². The normalized spacial score (nSPS) is 14.7. The number of urea groups is 1. The van der Waals surface area contributed by atoms with E-state index in [9.17, 15) is 13.2 Å². The van der Waals surface area contributed by atoms with Crippen molar-refractivity contribution in [3.05, 3.63) is 30.3 Å². The first-order valence-electron chi connectivity index (χ1n) is 6.54. The molecule has 1 aromatic carbocycles. The zero-order chi connectivity index (χ0) is 14.6. The number of hydrogen-bond donors (Lipinski definition) is 2. The van der Waals surface area contributed by atoms with E-state index in [0.29, 0.717) is 5.69 Å². The second-order valence-electron chi connectivity index (χ2n) is 4.85. The molecule has 0 saturated heterocycles. The highest BCUT2D eigenvalue weighted by Crippen LogP contribution is 2.18. The molecule has 0 radical (unpaired) electrons. The van der Waals surface area contributed by atoms with Gasteiger partial charge in [0.1, 0.15) is 0 Å². The molecule has 1 saturated carbocycles. The van der Waals surface area contributed by atoms with Crippen LogP contribution in [0.1, 0.15) is 12.8 Å². The molecule has 6 nitrogen and oxygen atoms in total. The molecule has 2 amide bonds. The Hall–Kier alpha value is -1.76. The molecule has 0 heterocycles. The first kappa shape index (κ1) is 14.6. The fourth-order valence-electron chi connectivity index (χ4n) is 1.82. The lowest BCUT2D eigenvalue weighted by atomic mass is 10.3. The number of sulfonamides is 1. The molecule has 1 aliphatic carbocycles. The van der Waals surface area contributed by atoms with Crippen molar-refractivity contribution in [2.45, 2.75) is 18.9 Å². The van der Waals surface area contributed by atoms with Gasteiger partial charge in [-0.1, -0.05) is 18.2 Å². The van der Waals surface area contributed by atoms with Crippen molar-refractivity contribution in [3.8, 4) is 0 Å². The van der Waals surface area contributed by atoms with Crippen LogP contribution in [0.2, 0.25) is 0 Å². The molecule has 0 spiro atoms. The Morgan fingerprint density at radius 2 is 1.95 bits per heavy atom. The summed E-state index contributed by atoms with van der Waals surface area (Å²) in [6.45, 7) is 0.474. The largest absolute Gasteiger partial charge is 0.336 e. The second kappa shape index (κ2) is 6.13. The molecule has 0 unspecified atom stereocenters. The van der Waals surface area contributed by atoms with E-state index in [1.54, 1.807) is 24.3 Å². The van der Waals surface area contributed by atoms with Crippen LogP contribution in [-0.2, 0) is 10.0 Å². The van der Waals surface area contributed by atoms with Crippen molar-refractivity contribution in [2.24, 2.45) is 0 Å². The first-order chi connectivity index (χ1) is 9.47. The molecule has 110 valence electrons. The number of carbonyl (C=O) groups excluding carboxylic acids is 1. The van der Waals surface area contributed by atoms with E-state index in [1.807, 2.05) is 6.07 Å². The number of amides is 2. The molecule has 1 fully saturated rings. The topological polar surface area (TPSA) is 78.5 Å². The Morgan fingerprint density at radius 3 is 2.50 bits per heavy atom. The van der Waals surface area contributed by atoms with Crippen LogP contribution in [0.3, 0.4) is 0 Å². The number of hydrogen-bond acceptors (Lipinski definition) is 3. The minimum Gasteiger partial charge on any atom is -0.336 e. The number of nitrogens with one attached hydrogen (secondary N) is 2. The molecule has 2 N–H and O–H groups in total. The molecule has 20 heavy (non-hydrogen) atoms. The number of benzene rings is 1. The van der Waals surface area contributed by atoms with Gasteiger partial charge in [-0.3, -0.25) is 4.31 Å². The summed E-state index contributed by atoms with van der Waals surface area (Å²) in [4.78, 5) is 11.5. The Labute approximate surface area is 119 Å². The molecule has 7 heteroatoms. The van der Waals surface area contributed by atoms with Crippen molar-refractivity contribution in [1.29, 1.82) is 0 Å². The zero-order valence-corrected chi connectivity index (χ0v) is 12.2. The molecule has 0 bridgehead atoms. The number of rotatable bonds is 6. The lowest BCUT2D eigenvalue weighted by Gasteiger charge is -2.22. The van der Waals surface area contributed by atoms with Gasteiger partial charge in [0.2, 0.25) is 10.0 Å². The van der Waals surface area contributed by atoms with Gasteiger partial charge in [-0.15, -0.1) is 0 Å². The summed E-state index contributed by atoms with van der Waals surface area (Å²) < 4.78 is 24.9. The zero-order valence-electron chi connectivity index (χ0n) is 11.4. The first-order valence-corrected chi connectivity index (χ1v) is 8.39. The van der Waals surface area contributed by atoms with Crippen LogP contribution in [0.5, 0.6) is 0 Å². The molecule has 2 rings (SSSR count). The second-order valence-corrected chi connectivity index (χ2v) is 6.75. The highest BCUT2D eigenvalue weighted by molar-refractivity contribution is 7.92. The van der Waals surface area contributed by atoms with Crippen LogP contribution < -0.4 is 14.9 Å². The monoisotopic (exact) mass is 297 g/mol. The van der Waals surface area contributed by atoms with E-state index in [1.165, 1.54) is 4.31 Å². The van der Waals surface area contributed by atoms with Gasteiger partial charge in [0.25, 0.3) is 0 Å². The van der Waals surface area contributed by atoms with Crippen molar-refractivity contribution >= 4 is 21.7 Å². The van der Waals surface area contributed by atoms with Gasteiger partial charge in [0.05, 0.1) is 18.5 Å². The van der Waals surface area contributed by atoms with Gasteiger partial charge < -0.3 is 10.6 Å². The maximum Gasteiger partial charge on any atom is 0.315 e. The van der Waals surface area contributed by atoms with Gasteiger partial charge >= 0.3 is 6.03 Å². The minimum absolute atomic E-state index is 0.209. The lowest BCUT2D eigenvalue weighted by Crippen LogP contribution is -2.42. The average Bonchev–Trinajstić information content (AvgIpc) is 3.18. The molecule has 0 atom stereocenters. The standard InChI is InChI=1S/C13H19N3O3S/c1-20(18,19)16(12-5-3-2-4-6-12)10-9-14-13(17)15-11-7-8-11/h2-6,11H,7-10H2,1H3,(H2,14,15,17). The summed E-state index contributed by atoms with van der Waals surface area (Å²) in [5, 5.41) is 5.46. The third-order valence-corrected chi connectivity index (χ3v) is 4.15. The van der Waals surface area contributed by atoms with E-state index in [4.69, 9.17) is 0 Å². The number of para-hydroxylation sites is 1. The highest BCUT2D eigenvalue weighted by Gasteiger charge is 2.23. The number of anilines is 1. The highest BCUT2D eigenvalue weighted by atomic mass is 32.2. The van der Waals surface area contributed by atoms with Crippen LogP contribution >= 0.6 is 0 Å². The molecule has 1 aliphatic rings. The fraction of sp³-hybridized carbons (Fsp3) is 0.462. The molecule has 0 aliphatic heterocycles. The van der Waals surface area contributed by atoms with Gasteiger partial charge in [-0.2, -0.15) is 0 Å². The van der Waals surface area contributed by atoms with Crippen LogP contribution in [-0.4, -0.2) is 39.8 Å². The lowest BCUT2D eigenvalue weighted by molar-refractivity contribution is 0.241. The average molecular weight is 297 g/mol. The smallest absolute Gasteiger partial charge is 0.315 e. The maximum absolute atomic E-state index is 11.8. The summed E-state index contributed by atoms with van der Waals surface area (Å²) in [7, 11) is -3.36. The molecular weight excluding hydrogens is 278 g/mol. The summed E-state index contributed by atoms with van der Waals surface area (Å²) in [5.74, 6) is 0. The van der Waals surface area contributed by atoms with Crippen molar-refractivity contribution in [3.63, 3.8) is 0 Å². The maximum atomic E-state index is 11.8. The molecule has 1 aromatic rings.